The summed E-state index contributed by atoms with van der Waals surface area (Å²) in [6.07, 6.45) is 3.17. The van der Waals surface area contributed by atoms with Gasteiger partial charge in [0.15, 0.2) is 11.1 Å². The van der Waals surface area contributed by atoms with Gasteiger partial charge >= 0.3 is 5.97 Å². The molecular weight excluding hydrogens is 358 g/mol. The molecule has 8 heteroatoms. The molecule has 0 saturated heterocycles. The fourth-order valence-corrected chi connectivity index (χ4v) is 4.97. The normalized spacial score (nSPS) is 20.5. The number of aromatic carboxylic acids is 1. The highest BCUT2D eigenvalue weighted by molar-refractivity contribution is 7.81. The number of rotatable bonds is 6. The maximum Gasteiger partial charge on any atom is 0.341 e. The van der Waals surface area contributed by atoms with Crippen molar-refractivity contribution in [2.75, 3.05) is 6.61 Å². The van der Waals surface area contributed by atoms with Gasteiger partial charge in [-0.1, -0.05) is 12.1 Å². The zero-order valence-corrected chi connectivity index (χ0v) is 15.0. The number of carboxylic acid groups (broad SMARTS) is 1. The summed E-state index contributed by atoms with van der Waals surface area (Å²) in [4.78, 5) is 23.6. The Morgan fingerprint density at radius 1 is 1.31 bits per heavy atom. The van der Waals surface area contributed by atoms with Gasteiger partial charge in [0, 0.05) is 17.8 Å². The molecule has 2 aromatic rings. The van der Waals surface area contributed by atoms with Gasteiger partial charge in [-0.25, -0.2) is 9.00 Å². The highest BCUT2D eigenvalue weighted by Gasteiger charge is 2.69. The number of benzene rings is 1. The minimum Gasteiger partial charge on any atom is -0.491 e. The molecule has 1 aromatic carbocycles. The van der Waals surface area contributed by atoms with Gasteiger partial charge in [-0.2, -0.15) is 0 Å². The van der Waals surface area contributed by atoms with Crippen LogP contribution in [0.4, 0.5) is 0 Å². The predicted octanol–water partition coefficient (Wildman–Crippen LogP) is 2.15. The number of hydrogen-bond donors (Lipinski definition) is 2. The van der Waals surface area contributed by atoms with E-state index in [1.807, 2.05) is 0 Å². The van der Waals surface area contributed by atoms with E-state index in [0.717, 1.165) is 25.7 Å². The fourth-order valence-electron chi connectivity index (χ4n) is 3.89. The van der Waals surface area contributed by atoms with Crippen LogP contribution in [0.5, 0.6) is 5.75 Å². The van der Waals surface area contributed by atoms with Gasteiger partial charge in [-0.3, -0.25) is 4.79 Å². The van der Waals surface area contributed by atoms with Crippen molar-refractivity contribution in [2.24, 2.45) is 12.5 Å². The largest absolute Gasteiger partial charge is 0.491 e. The summed E-state index contributed by atoms with van der Waals surface area (Å²) in [6.45, 7) is 0.313. The summed E-state index contributed by atoms with van der Waals surface area (Å²) >= 11 is -1.87. The lowest BCUT2D eigenvalue weighted by Crippen LogP contribution is -2.34. The monoisotopic (exact) mass is 377 g/mol. The van der Waals surface area contributed by atoms with E-state index in [0.29, 0.717) is 23.3 Å². The lowest BCUT2D eigenvalue weighted by molar-refractivity contribution is 0.0694. The Balaban J connectivity index is 1.70. The molecule has 4 rings (SSSR count). The lowest BCUT2D eigenvalue weighted by Gasteiger charge is -2.24. The van der Waals surface area contributed by atoms with Gasteiger partial charge < -0.3 is 19.0 Å². The van der Waals surface area contributed by atoms with Crippen molar-refractivity contribution >= 4 is 28.0 Å². The van der Waals surface area contributed by atoms with E-state index >= 15 is 0 Å². The second-order valence-corrected chi connectivity index (χ2v) is 8.51. The molecule has 1 aromatic heterocycles. The smallest absolute Gasteiger partial charge is 0.341 e. The zero-order valence-electron chi connectivity index (χ0n) is 14.2. The molecule has 26 heavy (non-hydrogen) atoms. The van der Waals surface area contributed by atoms with Crippen LogP contribution in [0.2, 0.25) is 0 Å². The summed E-state index contributed by atoms with van der Waals surface area (Å²) in [5, 5.41) is 9.78. The van der Waals surface area contributed by atoms with Gasteiger partial charge in [0.2, 0.25) is 0 Å². The quantitative estimate of drug-likeness (QED) is 0.747. The first kappa shape index (κ1) is 17.2. The maximum absolute atomic E-state index is 12.3. The Bertz CT molecular complexity index is 1000. The molecule has 1 atom stereocenters. The molecule has 138 valence electrons. The first-order chi connectivity index (χ1) is 12.3. The second-order valence-electron chi connectivity index (χ2n) is 7.23. The molecular formula is C18H19NO6S. The van der Waals surface area contributed by atoms with Gasteiger partial charge in [0.1, 0.15) is 11.3 Å². The number of carboxylic acids is 1. The first-order valence-corrected chi connectivity index (χ1v) is 9.52. The van der Waals surface area contributed by atoms with Crippen LogP contribution in [0.1, 0.15) is 36.0 Å². The number of ether oxygens (including phenoxy) is 1. The van der Waals surface area contributed by atoms with Crippen LogP contribution in [-0.2, 0) is 18.1 Å². The molecule has 1 unspecified atom stereocenters. The van der Waals surface area contributed by atoms with Gasteiger partial charge in [-0.15, -0.1) is 0 Å². The number of pyridine rings is 1. The van der Waals surface area contributed by atoms with E-state index in [2.05, 4.69) is 0 Å². The minimum atomic E-state index is -1.87. The molecule has 0 radical (unpaired) electrons. The van der Waals surface area contributed by atoms with Crippen molar-refractivity contribution < 1.29 is 23.4 Å². The van der Waals surface area contributed by atoms with Crippen LogP contribution in [0.3, 0.4) is 0 Å². The summed E-state index contributed by atoms with van der Waals surface area (Å²) in [5.74, 6) is -0.790. The average Bonchev–Trinajstić information content (AvgIpc) is 3.49. The van der Waals surface area contributed by atoms with Gasteiger partial charge in [0.05, 0.1) is 16.9 Å². The van der Waals surface area contributed by atoms with E-state index in [-0.39, 0.29) is 11.0 Å². The number of fused-ring (bicyclic) bond motifs is 1. The Labute approximate surface area is 151 Å². The molecule has 0 spiro atoms. The minimum absolute atomic E-state index is 0.283. The number of carbonyl (C=O) groups is 1. The third-order valence-electron chi connectivity index (χ3n) is 5.79. The van der Waals surface area contributed by atoms with Crippen molar-refractivity contribution in [1.82, 2.24) is 4.57 Å². The SMILES string of the molecule is Cn1c(=O)c(C(=O)O)cc2cccc(OCC3(C4(S(=O)O)CC4)CC3)c21. The molecule has 2 N–H and O–H groups in total. The van der Waals surface area contributed by atoms with Crippen LogP contribution in [0.25, 0.3) is 10.9 Å². The predicted molar refractivity (Wildman–Crippen MR) is 96.0 cm³/mol. The molecule has 0 bridgehead atoms. The van der Waals surface area contributed by atoms with E-state index in [1.54, 1.807) is 18.2 Å². The van der Waals surface area contributed by atoms with Crippen molar-refractivity contribution in [3.63, 3.8) is 0 Å². The highest BCUT2D eigenvalue weighted by Crippen LogP contribution is 2.66. The molecule has 2 aliphatic carbocycles. The third kappa shape index (κ3) is 2.39. The van der Waals surface area contributed by atoms with Crippen molar-refractivity contribution in [3.8, 4) is 5.75 Å². The average molecular weight is 377 g/mol. The van der Waals surface area contributed by atoms with Crippen LogP contribution in [-0.4, -0.2) is 35.8 Å². The second kappa shape index (κ2) is 5.65. The third-order valence-corrected chi connectivity index (χ3v) is 7.30. The van der Waals surface area contributed by atoms with E-state index in [1.165, 1.54) is 17.7 Å². The van der Waals surface area contributed by atoms with Gasteiger partial charge in [0.25, 0.3) is 5.56 Å². The number of aryl methyl sites for hydroxylation is 1. The number of aromatic nitrogens is 1. The van der Waals surface area contributed by atoms with Crippen LogP contribution >= 0.6 is 0 Å². The summed E-state index contributed by atoms with van der Waals surface area (Å²) in [7, 11) is 1.52. The molecule has 1 heterocycles. The topological polar surface area (TPSA) is 106 Å². The molecule has 2 fully saturated rings. The Morgan fingerprint density at radius 3 is 2.54 bits per heavy atom. The van der Waals surface area contributed by atoms with Crippen molar-refractivity contribution in [1.29, 1.82) is 0 Å². The maximum atomic E-state index is 12.3. The van der Waals surface area contributed by atoms with Gasteiger partial charge in [-0.05, 0) is 37.8 Å². The van der Waals surface area contributed by atoms with Crippen LogP contribution in [0, 0.1) is 5.41 Å². The lowest BCUT2D eigenvalue weighted by atomic mass is 10.0. The van der Waals surface area contributed by atoms with Crippen LogP contribution in [0.15, 0.2) is 29.1 Å². The van der Waals surface area contributed by atoms with E-state index < -0.39 is 27.4 Å². The highest BCUT2D eigenvalue weighted by atomic mass is 32.2. The molecule has 0 aliphatic heterocycles. The number of hydrogen-bond acceptors (Lipinski definition) is 4. The standard InChI is InChI=1S/C18H19NO6S/c1-19-14-11(9-12(15(19)20)16(21)22)3-2-4-13(14)25-10-17(5-6-17)18(7-8-18)26(23)24/h2-4,9H,5-8,10H2,1H3,(H,21,22)(H,23,24). The summed E-state index contributed by atoms with van der Waals surface area (Å²) < 4.78 is 28.1. The number of para-hydroxylation sites is 1. The molecule has 2 aliphatic rings. The fraction of sp³-hybridized carbons (Fsp3) is 0.444. The van der Waals surface area contributed by atoms with E-state index in [9.17, 15) is 23.5 Å². The van der Waals surface area contributed by atoms with Crippen molar-refractivity contribution in [3.05, 3.63) is 40.2 Å². The summed E-state index contributed by atoms with van der Waals surface area (Å²) in [6, 6.07) is 6.55. The number of nitrogens with zero attached hydrogens (tertiary/aromatic N) is 1. The molecule has 2 saturated carbocycles. The zero-order chi connectivity index (χ0) is 18.7. The van der Waals surface area contributed by atoms with Crippen molar-refractivity contribution in [2.45, 2.75) is 30.4 Å². The molecule has 7 nitrogen and oxygen atoms in total. The van der Waals surface area contributed by atoms with E-state index in [4.69, 9.17) is 4.74 Å². The summed E-state index contributed by atoms with van der Waals surface area (Å²) in [5.41, 5.74) is -0.650. The Kier molecular flexibility index (Phi) is 3.75. The Morgan fingerprint density at radius 2 is 2.00 bits per heavy atom. The molecule has 0 amide bonds. The Hall–Kier alpha value is -2.19. The van der Waals surface area contributed by atoms with Crippen LogP contribution < -0.4 is 10.3 Å². The first-order valence-electron chi connectivity index (χ1n) is 8.41.